The molecule has 0 aromatic carbocycles. The molecule has 140 valence electrons. The largest absolute Gasteiger partial charge is 0.353 e. The summed E-state index contributed by atoms with van der Waals surface area (Å²) in [7, 11) is -3.29. The van der Waals surface area contributed by atoms with Crippen molar-refractivity contribution in [2.75, 3.05) is 19.8 Å². The molecular formula is C16H29O7P. The van der Waals surface area contributed by atoms with Gasteiger partial charge in [-0.1, -0.05) is 0 Å². The quantitative estimate of drug-likeness (QED) is 0.641. The Morgan fingerprint density at radius 1 is 1.04 bits per heavy atom. The zero-order valence-electron chi connectivity index (χ0n) is 15.3. The molecular weight excluding hydrogens is 335 g/mol. The van der Waals surface area contributed by atoms with Crippen LogP contribution in [0.15, 0.2) is 11.9 Å². The standard InChI is InChI=1S/C16H29O7P/c1-7-19-24(17,20-8-2)10-9-12-14(23-16(5,6)21-12)13-11-18-15(3,4)22-13/h9-10,12-14H,7-8,11H2,1-6H3/b10-9+/t12-,13-,14+/m1/s1. The summed E-state index contributed by atoms with van der Waals surface area (Å²) in [6.45, 7) is 11.9. The van der Waals surface area contributed by atoms with Crippen LogP contribution in [0.5, 0.6) is 0 Å². The molecule has 0 spiro atoms. The number of rotatable bonds is 7. The molecule has 0 unspecified atom stereocenters. The minimum Gasteiger partial charge on any atom is -0.348 e. The molecule has 2 aliphatic rings. The first kappa shape index (κ1) is 20.0. The SMILES string of the molecule is CCOP(=O)(/C=C/[C@H]1OC(C)(C)O[C@@H]1[C@H]1COC(C)(C)O1)OCC. The average Bonchev–Trinajstić information content (AvgIpc) is 2.96. The summed E-state index contributed by atoms with van der Waals surface area (Å²) < 4.78 is 46.5. The van der Waals surface area contributed by atoms with E-state index in [4.69, 9.17) is 28.0 Å². The van der Waals surface area contributed by atoms with E-state index in [1.807, 2.05) is 27.7 Å². The molecule has 2 aliphatic heterocycles. The van der Waals surface area contributed by atoms with Gasteiger partial charge in [-0.05, 0) is 47.6 Å². The van der Waals surface area contributed by atoms with Crippen molar-refractivity contribution in [3.8, 4) is 0 Å². The normalized spacial score (nSPS) is 32.7. The summed E-state index contributed by atoms with van der Waals surface area (Å²) in [5.74, 6) is 0.0291. The van der Waals surface area contributed by atoms with Gasteiger partial charge in [-0.25, -0.2) is 0 Å². The van der Waals surface area contributed by atoms with Gasteiger partial charge in [-0.3, -0.25) is 4.57 Å². The fraction of sp³-hybridized carbons (Fsp3) is 0.875. The van der Waals surface area contributed by atoms with E-state index in [0.717, 1.165) is 0 Å². The molecule has 3 atom stereocenters. The topological polar surface area (TPSA) is 72.5 Å². The van der Waals surface area contributed by atoms with E-state index < -0.39 is 25.3 Å². The maximum atomic E-state index is 12.6. The summed E-state index contributed by atoms with van der Waals surface area (Å²) in [6, 6.07) is 0. The van der Waals surface area contributed by atoms with Gasteiger partial charge in [0.15, 0.2) is 11.6 Å². The maximum Gasteiger partial charge on any atom is 0.353 e. The lowest BCUT2D eigenvalue weighted by atomic mass is 10.1. The Kier molecular flexibility index (Phi) is 6.30. The first-order valence-electron chi connectivity index (χ1n) is 8.35. The second-order valence-corrected chi connectivity index (χ2v) is 8.54. The molecule has 0 bridgehead atoms. The Morgan fingerprint density at radius 3 is 2.17 bits per heavy atom. The highest BCUT2D eigenvalue weighted by Gasteiger charge is 2.49. The van der Waals surface area contributed by atoms with Crippen molar-refractivity contribution >= 4 is 7.60 Å². The first-order valence-corrected chi connectivity index (χ1v) is 9.96. The highest BCUT2D eigenvalue weighted by Crippen LogP contribution is 2.50. The Bertz CT molecular complexity index is 493. The molecule has 0 aromatic heterocycles. The van der Waals surface area contributed by atoms with E-state index in [9.17, 15) is 4.57 Å². The summed E-state index contributed by atoms with van der Waals surface area (Å²) >= 11 is 0. The zero-order chi connectivity index (χ0) is 18.0. The van der Waals surface area contributed by atoms with E-state index in [2.05, 4.69) is 0 Å². The minimum atomic E-state index is -3.29. The lowest BCUT2D eigenvalue weighted by Crippen LogP contribution is -2.37. The van der Waals surface area contributed by atoms with Gasteiger partial charge in [0.1, 0.15) is 18.3 Å². The molecule has 2 rings (SSSR count). The third-order valence-corrected chi connectivity index (χ3v) is 5.41. The number of ether oxygens (including phenoxy) is 4. The van der Waals surface area contributed by atoms with Crippen LogP contribution in [-0.4, -0.2) is 49.7 Å². The average molecular weight is 364 g/mol. The summed E-state index contributed by atoms with van der Waals surface area (Å²) in [5, 5.41) is 0. The van der Waals surface area contributed by atoms with Gasteiger partial charge in [0.05, 0.1) is 19.8 Å². The molecule has 8 heteroatoms. The fourth-order valence-electron chi connectivity index (χ4n) is 2.80. The van der Waals surface area contributed by atoms with E-state index >= 15 is 0 Å². The summed E-state index contributed by atoms with van der Waals surface area (Å²) in [5.41, 5.74) is 0. The fourth-order valence-corrected chi connectivity index (χ4v) is 4.15. The third-order valence-electron chi connectivity index (χ3n) is 3.64. The van der Waals surface area contributed by atoms with Crippen LogP contribution in [0.2, 0.25) is 0 Å². The molecule has 24 heavy (non-hydrogen) atoms. The smallest absolute Gasteiger partial charge is 0.348 e. The lowest BCUT2D eigenvalue weighted by molar-refractivity contribution is -0.174. The van der Waals surface area contributed by atoms with E-state index in [1.165, 1.54) is 5.82 Å². The van der Waals surface area contributed by atoms with Crippen molar-refractivity contribution in [3.05, 3.63) is 11.9 Å². The van der Waals surface area contributed by atoms with Crippen LogP contribution in [0.3, 0.4) is 0 Å². The summed E-state index contributed by atoms with van der Waals surface area (Å²) in [4.78, 5) is 0. The molecule has 2 fully saturated rings. The van der Waals surface area contributed by atoms with Crippen molar-refractivity contribution < 1.29 is 32.6 Å². The molecule has 0 radical (unpaired) electrons. The van der Waals surface area contributed by atoms with Crippen molar-refractivity contribution in [2.45, 2.75) is 71.4 Å². The van der Waals surface area contributed by atoms with Crippen molar-refractivity contribution in [1.82, 2.24) is 0 Å². The molecule has 0 saturated carbocycles. The Morgan fingerprint density at radius 2 is 1.67 bits per heavy atom. The molecule has 0 amide bonds. The monoisotopic (exact) mass is 364 g/mol. The maximum absolute atomic E-state index is 12.6. The van der Waals surface area contributed by atoms with Gasteiger partial charge in [0.25, 0.3) is 0 Å². The highest BCUT2D eigenvalue weighted by atomic mass is 31.2. The van der Waals surface area contributed by atoms with Crippen LogP contribution in [0.25, 0.3) is 0 Å². The molecule has 2 heterocycles. The van der Waals surface area contributed by atoms with Crippen molar-refractivity contribution in [3.63, 3.8) is 0 Å². The third kappa shape index (κ3) is 5.11. The predicted octanol–water partition coefficient (Wildman–Crippen LogP) is 3.44. The van der Waals surface area contributed by atoms with Gasteiger partial charge in [0, 0.05) is 5.82 Å². The zero-order valence-corrected chi connectivity index (χ0v) is 16.2. The first-order chi connectivity index (χ1) is 11.1. The Balaban J connectivity index is 2.13. The number of hydrogen-bond acceptors (Lipinski definition) is 7. The molecule has 2 saturated heterocycles. The summed E-state index contributed by atoms with van der Waals surface area (Å²) in [6.07, 6.45) is 0.613. The van der Waals surface area contributed by atoms with Gasteiger partial charge in [-0.2, -0.15) is 0 Å². The van der Waals surface area contributed by atoms with Crippen LogP contribution in [-0.2, 0) is 32.6 Å². The van der Waals surface area contributed by atoms with Crippen molar-refractivity contribution in [2.24, 2.45) is 0 Å². The Hall–Kier alpha value is -0.270. The van der Waals surface area contributed by atoms with Gasteiger partial charge < -0.3 is 28.0 Å². The number of hydrogen-bond donors (Lipinski definition) is 0. The minimum absolute atomic E-state index is 0.269. The Labute approximate surface area is 144 Å². The van der Waals surface area contributed by atoms with Gasteiger partial charge >= 0.3 is 7.60 Å². The van der Waals surface area contributed by atoms with E-state index in [-0.39, 0.29) is 12.2 Å². The molecule has 0 aromatic rings. The predicted molar refractivity (Wildman–Crippen MR) is 88.7 cm³/mol. The van der Waals surface area contributed by atoms with Crippen LogP contribution in [0, 0.1) is 0 Å². The second kappa shape index (κ2) is 7.54. The van der Waals surface area contributed by atoms with E-state index in [1.54, 1.807) is 19.9 Å². The van der Waals surface area contributed by atoms with Crippen LogP contribution in [0.1, 0.15) is 41.5 Å². The molecule has 7 nitrogen and oxygen atoms in total. The van der Waals surface area contributed by atoms with Gasteiger partial charge in [0.2, 0.25) is 0 Å². The van der Waals surface area contributed by atoms with Crippen LogP contribution >= 0.6 is 7.60 Å². The lowest BCUT2D eigenvalue weighted by Gasteiger charge is -2.23. The highest BCUT2D eigenvalue weighted by molar-refractivity contribution is 7.57. The van der Waals surface area contributed by atoms with Crippen LogP contribution in [0.4, 0.5) is 0 Å². The molecule has 0 N–H and O–H groups in total. The van der Waals surface area contributed by atoms with Crippen molar-refractivity contribution in [1.29, 1.82) is 0 Å². The van der Waals surface area contributed by atoms with Crippen LogP contribution < -0.4 is 0 Å². The molecule has 0 aliphatic carbocycles. The van der Waals surface area contributed by atoms with Gasteiger partial charge in [-0.15, -0.1) is 0 Å². The second-order valence-electron chi connectivity index (χ2n) is 6.65. The van der Waals surface area contributed by atoms with E-state index in [0.29, 0.717) is 19.8 Å².